The van der Waals surface area contributed by atoms with Gasteiger partial charge in [0.15, 0.2) is 23.2 Å². The van der Waals surface area contributed by atoms with Crippen LogP contribution in [0, 0.1) is 18.6 Å². The van der Waals surface area contributed by atoms with Crippen LogP contribution in [0.3, 0.4) is 0 Å². The summed E-state index contributed by atoms with van der Waals surface area (Å²) in [4.78, 5) is 13.4. The van der Waals surface area contributed by atoms with Crippen LogP contribution >= 0.6 is 0 Å². The number of aliphatic hydroxyl groups excluding tert-OH is 1. The van der Waals surface area contributed by atoms with Gasteiger partial charge in [-0.15, -0.1) is 0 Å². The number of β-amino-alcohol motifs (C(OH)–C–C–N with tert-alkyl or cyclic N) is 1. The van der Waals surface area contributed by atoms with Crippen LogP contribution in [0.4, 0.5) is 26.2 Å². The second-order valence-corrected chi connectivity index (χ2v) is 8.13. The highest BCUT2D eigenvalue weighted by Gasteiger charge is 2.24. The zero-order valence-corrected chi connectivity index (χ0v) is 18.6. The number of aromatic amines is 2. The third-order valence-electron chi connectivity index (χ3n) is 5.48. The van der Waals surface area contributed by atoms with Crippen LogP contribution in [0.15, 0.2) is 30.3 Å². The lowest BCUT2D eigenvalue weighted by Crippen LogP contribution is -2.22. The predicted molar refractivity (Wildman–Crippen MR) is 124 cm³/mol. The molecule has 4 heterocycles. The van der Waals surface area contributed by atoms with Crippen LogP contribution in [0.5, 0.6) is 11.8 Å². The summed E-state index contributed by atoms with van der Waals surface area (Å²) in [6.45, 7) is 4.59. The molecule has 1 saturated heterocycles. The van der Waals surface area contributed by atoms with Crippen molar-refractivity contribution < 1.29 is 18.6 Å². The van der Waals surface area contributed by atoms with Crippen molar-refractivity contribution in [1.82, 2.24) is 25.1 Å². The Morgan fingerprint density at radius 3 is 2.82 bits per heavy atom. The summed E-state index contributed by atoms with van der Waals surface area (Å²) in [7, 11) is 0. The smallest absolute Gasteiger partial charge is 0.326 e. The number of fused-ring (bicyclic) bond motifs is 1. The van der Waals surface area contributed by atoms with Gasteiger partial charge in [-0.3, -0.25) is 5.10 Å². The number of hydrogen-bond acceptors (Lipinski definition) is 7. The zero-order valence-electron chi connectivity index (χ0n) is 18.6. The van der Waals surface area contributed by atoms with Crippen molar-refractivity contribution in [3.8, 4) is 11.8 Å². The number of hydrogen-bond donors (Lipinski definition) is 4. The lowest BCUT2D eigenvalue weighted by atomic mass is 10.2. The van der Waals surface area contributed by atoms with Gasteiger partial charge >= 0.3 is 6.01 Å². The van der Waals surface area contributed by atoms with Crippen molar-refractivity contribution >= 4 is 34.4 Å². The maximum Gasteiger partial charge on any atom is 0.326 e. The molecule has 4 aromatic rings. The molecule has 34 heavy (non-hydrogen) atoms. The van der Waals surface area contributed by atoms with Gasteiger partial charge in [-0.1, -0.05) is 6.08 Å². The number of halogens is 2. The van der Waals surface area contributed by atoms with E-state index < -0.39 is 17.7 Å². The molecule has 3 aromatic heterocycles. The second kappa shape index (κ2) is 8.75. The average Bonchev–Trinajstić information content (AvgIpc) is 3.52. The minimum Gasteiger partial charge on any atom is -0.421 e. The molecule has 1 fully saturated rings. The number of aryl methyl sites for hydroxylation is 1. The molecule has 176 valence electrons. The van der Waals surface area contributed by atoms with Gasteiger partial charge in [0.2, 0.25) is 0 Å². The van der Waals surface area contributed by atoms with E-state index in [0.717, 1.165) is 11.8 Å². The second-order valence-electron chi connectivity index (χ2n) is 8.13. The quantitative estimate of drug-likeness (QED) is 0.332. The van der Waals surface area contributed by atoms with Crippen molar-refractivity contribution in [2.45, 2.75) is 26.4 Å². The Bertz CT molecular complexity index is 1380. The largest absolute Gasteiger partial charge is 0.421 e. The Kier molecular flexibility index (Phi) is 5.62. The van der Waals surface area contributed by atoms with Gasteiger partial charge in [-0.05, 0) is 32.4 Å². The fraction of sp³-hybridized carbons (Fsp3) is 0.261. The number of H-pyrrole nitrogens is 2. The summed E-state index contributed by atoms with van der Waals surface area (Å²) in [5, 5.41) is 20.2. The number of aromatic nitrogens is 5. The number of rotatable bonds is 6. The number of anilines is 3. The summed E-state index contributed by atoms with van der Waals surface area (Å²) >= 11 is 0. The minimum atomic E-state index is -0.718. The molecule has 4 N–H and O–H groups in total. The summed E-state index contributed by atoms with van der Waals surface area (Å²) in [6.07, 6.45) is 3.86. The van der Waals surface area contributed by atoms with Crippen LogP contribution in [-0.2, 0) is 0 Å². The zero-order chi connectivity index (χ0) is 23.8. The summed E-state index contributed by atoms with van der Waals surface area (Å²) in [6, 6.07) is 5.78. The van der Waals surface area contributed by atoms with Crippen LogP contribution < -0.4 is 15.0 Å². The molecule has 1 aliphatic heterocycles. The molecule has 1 aromatic carbocycles. The van der Waals surface area contributed by atoms with E-state index in [1.54, 1.807) is 19.1 Å². The fourth-order valence-electron chi connectivity index (χ4n) is 3.94. The first-order valence-corrected chi connectivity index (χ1v) is 10.8. The Morgan fingerprint density at radius 1 is 1.21 bits per heavy atom. The van der Waals surface area contributed by atoms with E-state index in [1.165, 1.54) is 6.07 Å². The van der Waals surface area contributed by atoms with Crippen LogP contribution in [0.25, 0.3) is 17.0 Å². The number of nitrogens with zero attached hydrogens (tertiary/aromatic N) is 4. The van der Waals surface area contributed by atoms with Crippen molar-refractivity contribution in [3.05, 3.63) is 53.4 Å². The SMILES string of the molecule is C/C=C/c1cc(Nc2cc(N3CCC(O)C3)nc(Oc3cc(F)c4[nH]c(C)cc4c3F)n2)n[nH]1. The number of allylic oxidation sites excluding steroid dienone is 1. The first-order valence-electron chi connectivity index (χ1n) is 10.8. The van der Waals surface area contributed by atoms with Crippen molar-refractivity contribution in [1.29, 1.82) is 0 Å². The molecule has 11 heteroatoms. The molecule has 1 aliphatic rings. The van der Waals surface area contributed by atoms with Gasteiger partial charge in [-0.25, -0.2) is 8.78 Å². The van der Waals surface area contributed by atoms with Gasteiger partial charge in [-0.2, -0.15) is 15.1 Å². The van der Waals surface area contributed by atoms with E-state index in [9.17, 15) is 9.50 Å². The Labute approximate surface area is 193 Å². The standard InChI is InChI=1S/C23H23F2N7O2/c1-3-4-13-8-19(31-30-13)27-18-10-20(32-6-5-14(33)11-32)29-23(28-18)34-17-9-16(24)22-15(21(17)25)7-12(2)26-22/h3-4,7-10,14,26,33H,5-6,11H2,1-2H3,(H2,27,28,29,30,31)/b4-3+. The number of benzene rings is 1. The first-order chi connectivity index (χ1) is 16.4. The normalized spacial score (nSPS) is 16.1. The molecule has 9 nitrogen and oxygen atoms in total. The number of ether oxygens (including phenoxy) is 1. The predicted octanol–water partition coefficient (Wildman–Crippen LogP) is 4.41. The molecular weight excluding hydrogens is 444 g/mol. The molecule has 0 amide bonds. The third kappa shape index (κ3) is 4.29. The lowest BCUT2D eigenvalue weighted by molar-refractivity contribution is 0.198. The molecule has 5 rings (SSSR count). The van der Waals surface area contributed by atoms with Crippen LogP contribution in [0.2, 0.25) is 0 Å². The van der Waals surface area contributed by atoms with E-state index in [2.05, 4.69) is 30.5 Å². The molecule has 0 saturated carbocycles. The van der Waals surface area contributed by atoms with Crippen LogP contribution in [0.1, 0.15) is 24.7 Å². The summed E-state index contributed by atoms with van der Waals surface area (Å²) in [5.74, 6) is -0.365. The van der Waals surface area contributed by atoms with Crippen molar-refractivity contribution in [3.63, 3.8) is 0 Å². The summed E-state index contributed by atoms with van der Waals surface area (Å²) < 4.78 is 35.3. The minimum absolute atomic E-state index is 0.0703. The number of nitrogens with one attached hydrogen (secondary N) is 3. The van der Waals surface area contributed by atoms with E-state index in [-0.39, 0.29) is 22.7 Å². The molecule has 0 aliphatic carbocycles. The first kappa shape index (κ1) is 21.8. The number of aliphatic hydroxyl groups is 1. The van der Waals surface area contributed by atoms with Gasteiger partial charge in [0.25, 0.3) is 0 Å². The van der Waals surface area contributed by atoms with Gasteiger partial charge < -0.3 is 25.0 Å². The maximum absolute atomic E-state index is 15.1. The van der Waals surface area contributed by atoms with Gasteiger partial charge in [0.1, 0.15) is 11.6 Å². The van der Waals surface area contributed by atoms with Crippen molar-refractivity contribution in [2.24, 2.45) is 0 Å². The molecule has 1 atom stereocenters. The monoisotopic (exact) mass is 467 g/mol. The molecular formula is C23H23F2N7O2. The highest BCUT2D eigenvalue weighted by Crippen LogP contribution is 2.33. The Balaban J connectivity index is 1.51. The fourth-order valence-corrected chi connectivity index (χ4v) is 3.94. The highest BCUT2D eigenvalue weighted by atomic mass is 19.1. The van der Waals surface area contributed by atoms with Gasteiger partial charge in [0.05, 0.1) is 17.3 Å². The Hall–Kier alpha value is -3.99. The van der Waals surface area contributed by atoms with E-state index >= 15 is 4.39 Å². The lowest BCUT2D eigenvalue weighted by Gasteiger charge is -2.18. The van der Waals surface area contributed by atoms with Gasteiger partial charge in [0, 0.05) is 42.4 Å². The highest BCUT2D eigenvalue weighted by molar-refractivity contribution is 5.83. The topological polar surface area (TPSA) is 115 Å². The van der Waals surface area contributed by atoms with E-state index in [4.69, 9.17) is 4.74 Å². The molecule has 0 radical (unpaired) electrons. The molecule has 0 bridgehead atoms. The Morgan fingerprint density at radius 2 is 2.06 bits per heavy atom. The van der Waals surface area contributed by atoms with Crippen LogP contribution in [-0.4, -0.2) is 49.4 Å². The van der Waals surface area contributed by atoms with Crippen molar-refractivity contribution in [2.75, 3.05) is 23.3 Å². The third-order valence-corrected chi connectivity index (χ3v) is 5.48. The molecule has 0 spiro atoms. The maximum atomic E-state index is 15.1. The summed E-state index contributed by atoms with van der Waals surface area (Å²) in [5.41, 5.74) is 1.49. The van der Waals surface area contributed by atoms with E-state index in [1.807, 2.05) is 24.0 Å². The average molecular weight is 467 g/mol. The van der Waals surface area contributed by atoms with E-state index in [0.29, 0.717) is 42.7 Å². The molecule has 1 unspecified atom stereocenters.